The number of hydrogen-bond acceptors (Lipinski definition) is 7. The van der Waals surface area contributed by atoms with E-state index < -0.39 is 6.10 Å². The molecule has 0 spiro atoms. The van der Waals surface area contributed by atoms with E-state index in [1.807, 2.05) is 22.1 Å². The zero-order valence-corrected chi connectivity index (χ0v) is 13.0. The second-order valence-electron chi connectivity index (χ2n) is 4.79. The molecule has 0 saturated carbocycles. The number of nitrogens with one attached hydrogen (secondary N) is 1. The minimum absolute atomic E-state index is 0.264. The van der Waals surface area contributed by atoms with Crippen molar-refractivity contribution < 1.29 is 9.84 Å². The van der Waals surface area contributed by atoms with Gasteiger partial charge >= 0.3 is 0 Å². The van der Waals surface area contributed by atoms with E-state index in [-0.39, 0.29) is 6.61 Å². The summed E-state index contributed by atoms with van der Waals surface area (Å²) in [5, 5.41) is 15.2. The van der Waals surface area contributed by atoms with Gasteiger partial charge in [0.25, 0.3) is 0 Å². The fourth-order valence-corrected chi connectivity index (χ4v) is 2.84. The molecule has 0 aliphatic heterocycles. The highest BCUT2D eigenvalue weighted by Crippen LogP contribution is 2.18. The number of aromatic nitrogens is 4. The normalized spacial score (nSPS) is 12.6. The van der Waals surface area contributed by atoms with Crippen molar-refractivity contribution in [1.29, 1.82) is 0 Å². The number of rotatable bonds is 7. The Morgan fingerprint density at radius 1 is 1.41 bits per heavy atom. The van der Waals surface area contributed by atoms with Gasteiger partial charge in [-0.2, -0.15) is 0 Å². The minimum atomic E-state index is -0.623. The quantitative estimate of drug-likeness (QED) is 0.686. The summed E-state index contributed by atoms with van der Waals surface area (Å²) in [7, 11) is 1.79. The molecule has 0 fully saturated rings. The predicted molar refractivity (Wildman–Crippen MR) is 84.9 cm³/mol. The van der Waals surface area contributed by atoms with Gasteiger partial charge in [-0.05, 0) is 11.4 Å². The molecule has 1 atom stereocenters. The van der Waals surface area contributed by atoms with Crippen LogP contribution in [-0.2, 0) is 17.9 Å². The molecule has 22 heavy (non-hydrogen) atoms. The number of ether oxygens (including phenoxy) is 1. The Kier molecular flexibility index (Phi) is 4.62. The molecule has 0 aliphatic carbocycles. The lowest BCUT2D eigenvalue weighted by atomic mass is 10.3. The fraction of sp³-hybridized carbons (Fsp3) is 0.357. The Morgan fingerprint density at radius 3 is 3.09 bits per heavy atom. The third kappa shape index (κ3) is 3.24. The fourth-order valence-electron chi connectivity index (χ4n) is 2.20. The monoisotopic (exact) mass is 319 g/mol. The molecular weight excluding hydrogens is 302 g/mol. The van der Waals surface area contributed by atoms with Crippen molar-refractivity contribution in [2.24, 2.45) is 0 Å². The largest absolute Gasteiger partial charge is 0.389 e. The molecule has 3 rings (SSSR count). The van der Waals surface area contributed by atoms with Crippen LogP contribution < -0.4 is 5.32 Å². The van der Waals surface area contributed by atoms with E-state index in [1.54, 1.807) is 24.7 Å². The van der Waals surface area contributed by atoms with E-state index >= 15 is 0 Å². The van der Waals surface area contributed by atoms with Gasteiger partial charge in [-0.1, -0.05) is 6.07 Å². The summed E-state index contributed by atoms with van der Waals surface area (Å²) in [4.78, 5) is 13.7. The number of anilines is 1. The van der Waals surface area contributed by atoms with Gasteiger partial charge in [0.05, 0.1) is 32.2 Å². The molecule has 3 heterocycles. The van der Waals surface area contributed by atoms with E-state index in [9.17, 15) is 5.11 Å². The Morgan fingerprint density at radius 2 is 2.32 bits per heavy atom. The van der Waals surface area contributed by atoms with Crippen molar-refractivity contribution in [3.05, 3.63) is 35.0 Å². The van der Waals surface area contributed by atoms with Crippen molar-refractivity contribution in [2.45, 2.75) is 19.3 Å². The summed E-state index contributed by atoms with van der Waals surface area (Å²) in [6.45, 7) is 1.16. The molecular formula is C14H17N5O2S. The van der Waals surface area contributed by atoms with Crippen LogP contribution in [0.3, 0.4) is 0 Å². The van der Waals surface area contributed by atoms with Crippen LogP contribution in [0.5, 0.6) is 0 Å². The number of aliphatic hydroxyl groups excluding tert-OH is 1. The van der Waals surface area contributed by atoms with Gasteiger partial charge in [0.2, 0.25) is 0 Å². The lowest BCUT2D eigenvalue weighted by molar-refractivity contribution is 0.0218. The van der Waals surface area contributed by atoms with Crippen LogP contribution in [0, 0.1) is 0 Å². The third-order valence-electron chi connectivity index (χ3n) is 3.19. The highest BCUT2D eigenvalue weighted by Gasteiger charge is 2.13. The Bertz CT molecular complexity index is 728. The summed E-state index contributed by atoms with van der Waals surface area (Å²) in [5.41, 5.74) is 1.38. The van der Waals surface area contributed by atoms with Crippen LogP contribution in [0.4, 0.5) is 5.82 Å². The van der Waals surface area contributed by atoms with Crippen molar-refractivity contribution >= 4 is 28.3 Å². The van der Waals surface area contributed by atoms with Crippen LogP contribution in [0.1, 0.15) is 4.88 Å². The molecule has 7 nitrogen and oxygen atoms in total. The number of imidazole rings is 1. The average molecular weight is 319 g/mol. The molecule has 0 bridgehead atoms. The Labute approximate surface area is 131 Å². The first-order chi connectivity index (χ1) is 10.8. The lowest BCUT2D eigenvalue weighted by Gasteiger charge is -2.13. The van der Waals surface area contributed by atoms with Gasteiger partial charge < -0.3 is 19.7 Å². The zero-order valence-electron chi connectivity index (χ0n) is 12.1. The molecule has 0 radical (unpaired) electrons. The van der Waals surface area contributed by atoms with Crippen molar-refractivity contribution in [3.8, 4) is 0 Å². The van der Waals surface area contributed by atoms with Gasteiger partial charge in [-0.3, -0.25) is 0 Å². The average Bonchev–Trinajstić information content (AvgIpc) is 3.17. The van der Waals surface area contributed by atoms with Crippen LogP contribution >= 0.6 is 11.3 Å². The van der Waals surface area contributed by atoms with Crippen molar-refractivity contribution in [3.63, 3.8) is 0 Å². The van der Waals surface area contributed by atoms with E-state index in [0.717, 1.165) is 10.4 Å². The number of nitrogens with zero attached hydrogens (tertiary/aromatic N) is 4. The number of fused-ring (bicyclic) bond motifs is 1. The third-order valence-corrected chi connectivity index (χ3v) is 4.04. The SMILES string of the molecule is CNc1ncnc2ncn(CC(O)COCc3cccs3)c12. The van der Waals surface area contributed by atoms with Crippen LogP contribution in [0.25, 0.3) is 11.2 Å². The highest BCUT2D eigenvalue weighted by atomic mass is 32.1. The number of thiophene rings is 1. The van der Waals surface area contributed by atoms with Gasteiger partial charge in [-0.15, -0.1) is 11.3 Å². The summed E-state index contributed by atoms with van der Waals surface area (Å²) >= 11 is 1.64. The standard InChI is InChI=1S/C14H17N5O2S/c1-15-13-12-14(17-8-16-13)18-9-19(12)5-10(20)6-21-7-11-3-2-4-22-11/h2-4,8-10,20H,5-7H2,1H3,(H,15,16,17). The number of hydrogen-bond donors (Lipinski definition) is 2. The predicted octanol–water partition coefficient (Wildman–Crippen LogP) is 1.51. The summed E-state index contributed by atoms with van der Waals surface area (Å²) in [6.07, 6.45) is 2.50. The molecule has 1 unspecified atom stereocenters. The number of aliphatic hydroxyl groups is 1. The summed E-state index contributed by atoms with van der Waals surface area (Å²) in [5.74, 6) is 0.689. The van der Waals surface area contributed by atoms with Gasteiger partial charge in [0.1, 0.15) is 11.8 Å². The Hall–Kier alpha value is -2.03. The van der Waals surface area contributed by atoms with E-state index in [0.29, 0.717) is 24.6 Å². The van der Waals surface area contributed by atoms with E-state index in [2.05, 4.69) is 20.3 Å². The maximum Gasteiger partial charge on any atom is 0.182 e. The first-order valence-electron chi connectivity index (χ1n) is 6.89. The topological polar surface area (TPSA) is 85.1 Å². The maximum atomic E-state index is 10.1. The van der Waals surface area contributed by atoms with Crippen LogP contribution in [0.15, 0.2) is 30.2 Å². The van der Waals surface area contributed by atoms with Crippen LogP contribution in [-0.4, -0.2) is 44.4 Å². The first-order valence-corrected chi connectivity index (χ1v) is 7.77. The minimum Gasteiger partial charge on any atom is -0.389 e. The van der Waals surface area contributed by atoms with Crippen molar-refractivity contribution in [1.82, 2.24) is 19.5 Å². The molecule has 8 heteroatoms. The first kappa shape index (κ1) is 14.9. The Balaban J connectivity index is 1.62. The smallest absolute Gasteiger partial charge is 0.182 e. The maximum absolute atomic E-state index is 10.1. The zero-order chi connectivity index (χ0) is 15.4. The van der Waals surface area contributed by atoms with E-state index in [4.69, 9.17) is 4.74 Å². The molecule has 3 aromatic heterocycles. The van der Waals surface area contributed by atoms with Crippen LogP contribution in [0.2, 0.25) is 0 Å². The molecule has 0 aliphatic rings. The van der Waals surface area contributed by atoms with Crippen molar-refractivity contribution in [2.75, 3.05) is 19.0 Å². The molecule has 0 aromatic carbocycles. The second kappa shape index (κ2) is 6.82. The van der Waals surface area contributed by atoms with E-state index in [1.165, 1.54) is 6.33 Å². The van der Waals surface area contributed by atoms with Gasteiger partial charge in [-0.25, -0.2) is 15.0 Å². The summed E-state index contributed by atoms with van der Waals surface area (Å²) < 4.78 is 7.37. The lowest BCUT2D eigenvalue weighted by Crippen LogP contribution is -2.21. The molecule has 0 saturated heterocycles. The van der Waals surface area contributed by atoms with Gasteiger partial charge in [0.15, 0.2) is 11.5 Å². The highest BCUT2D eigenvalue weighted by molar-refractivity contribution is 7.09. The molecule has 0 amide bonds. The molecule has 116 valence electrons. The molecule has 2 N–H and O–H groups in total. The summed E-state index contributed by atoms with van der Waals surface area (Å²) in [6, 6.07) is 3.99. The van der Waals surface area contributed by atoms with Gasteiger partial charge in [0, 0.05) is 11.9 Å². The second-order valence-corrected chi connectivity index (χ2v) is 5.82. The molecule has 3 aromatic rings.